The van der Waals surface area contributed by atoms with Gasteiger partial charge in [0.2, 0.25) is 0 Å². The molecule has 2 nitrogen and oxygen atoms in total. The smallest absolute Gasteiger partial charge is 0.309 e. The molecule has 0 bridgehead atoms. The summed E-state index contributed by atoms with van der Waals surface area (Å²) < 4.78 is 5.32. The molecule has 21 heavy (non-hydrogen) atoms. The lowest BCUT2D eigenvalue weighted by atomic mass is 10.2. The zero-order valence-corrected chi connectivity index (χ0v) is 13.4. The zero-order chi connectivity index (χ0) is 15.1. The summed E-state index contributed by atoms with van der Waals surface area (Å²) in [7, 11) is 0. The second kappa shape index (κ2) is 8.11. The highest BCUT2D eigenvalue weighted by Gasteiger charge is 2.14. The second-order valence-electron chi connectivity index (χ2n) is 4.76. The molecule has 0 fully saturated rings. The average molecular weight is 321 g/mol. The number of rotatable bonds is 6. The molecule has 0 aromatic heterocycles. The van der Waals surface area contributed by atoms with Crippen molar-refractivity contribution < 1.29 is 9.53 Å². The van der Waals surface area contributed by atoms with E-state index in [4.69, 9.17) is 16.3 Å². The van der Waals surface area contributed by atoms with Crippen molar-refractivity contribution in [2.75, 3.05) is 5.75 Å². The molecular weight excluding hydrogens is 304 g/mol. The molecule has 0 N–H and O–H groups in total. The molecular formula is C17H17ClO2S. The van der Waals surface area contributed by atoms with Gasteiger partial charge in [0.25, 0.3) is 0 Å². The van der Waals surface area contributed by atoms with Gasteiger partial charge in [0.1, 0.15) is 6.61 Å². The number of thioether (sulfide) groups is 1. The van der Waals surface area contributed by atoms with Gasteiger partial charge < -0.3 is 4.74 Å². The minimum absolute atomic E-state index is 0.144. The standard InChI is InChI=1S/C17H17ClO2S/c1-13(12-21-16-9-7-15(18)8-10-16)17(19)20-11-14-5-3-2-4-6-14/h2-10,13H,11-12H2,1H3. The van der Waals surface area contributed by atoms with Crippen LogP contribution in [-0.4, -0.2) is 11.7 Å². The SMILES string of the molecule is CC(CSc1ccc(Cl)cc1)C(=O)OCc1ccccc1. The lowest BCUT2D eigenvalue weighted by Gasteiger charge is -2.11. The van der Waals surface area contributed by atoms with Crippen LogP contribution in [0.2, 0.25) is 5.02 Å². The predicted octanol–water partition coefficient (Wildman–Crippen LogP) is 4.81. The van der Waals surface area contributed by atoms with E-state index in [0.717, 1.165) is 15.5 Å². The van der Waals surface area contributed by atoms with Crippen molar-refractivity contribution in [1.29, 1.82) is 0 Å². The Morgan fingerprint density at radius 2 is 1.81 bits per heavy atom. The lowest BCUT2D eigenvalue weighted by Crippen LogP contribution is -2.16. The quantitative estimate of drug-likeness (QED) is 0.564. The first-order valence-corrected chi connectivity index (χ1v) is 8.10. The third-order valence-corrected chi connectivity index (χ3v) is 4.46. The summed E-state index contributed by atoms with van der Waals surface area (Å²) in [5.74, 6) is 0.379. The maximum absolute atomic E-state index is 11.9. The number of carbonyl (C=O) groups is 1. The van der Waals surface area contributed by atoms with E-state index in [0.29, 0.717) is 12.4 Å². The largest absolute Gasteiger partial charge is 0.461 e. The monoisotopic (exact) mass is 320 g/mol. The molecule has 2 rings (SSSR count). The first kappa shape index (κ1) is 15.9. The maximum atomic E-state index is 11.9. The second-order valence-corrected chi connectivity index (χ2v) is 6.29. The van der Waals surface area contributed by atoms with Gasteiger partial charge in [-0.05, 0) is 29.8 Å². The Kier molecular flexibility index (Phi) is 6.15. The van der Waals surface area contributed by atoms with Gasteiger partial charge in [-0.2, -0.15) is 0 Å². The van der Waals surface area contributed by atoms with Gasteiger partial charge in [0.15, 0.2) is 0 Å². The van der Waals surface area contributed by atoms with Crippen molar-refractivity contribution in [2.24, 2.45) is 5.92 Å². The van der Waals surface area contributed by atoms with E-state index >= 15 is 0 Å². The Morgan fingerprint density at radius 1 is 1.14 bits per heavy atom. The number of halogens is 1. The fourth-order valence-corrected chi connectivity index (χ4v) is 2.72. The molecule has 0 aliphatic heterocycles. The van der Waals surface area contributed by atoms with Crippen LogP contribution >= 0.6 is 23.4 Å². The molecule has 1 atom stereocenters. The molecule has 2 aromatic carbocycles. The van der Waals surface area contributed by atoms with Crippen molar-refractivity contribution >= 4 is 29.3 Å². The minimum atomic E-state index is -0.166. The number of hydrogen-bond acceptors (Lipinski definition) is 3. The summed E-state index contributed by atoms with van der Waals surface area (Å²) in [5, 5.41) is 0.717. The highest BCUT2D eigenvalue weighted by molar-refractivity contribution is 7.99. The number of ether oxygens (including phenoxy) is 1. The average Bonchev–Trinajstić information content (AvgIpc) is 2.52. The molecule has 0 saturated carbocycles. The van der Waals surface area contributed by atoms with Gasteiger partial charge in [0, 0.05) is 15.7 Å². The van der Waals surface area contributed by atoms with E-state index < -0.39 is 0 Å². The van der Waals surface area contributed by atoms with Crippen LogP contribution in [0.4, 0.5) is 0 Å². The van der Waals surface area contributed by atoms with Crippen LogP contribution in [0.25, 0.3) is 0 Å². The maximum Gasteiger partial charge on any atom is 0.309 e. The predicted molar refractivity (Wildman–Crippen MR) is 87.6 cm³/mol. The summed E-state index contributed by atoms with van der Waals surface area (Å²) in [6.07, 6.45) is 0. The van der Waals surface area contributed by atoms with Gasteiger partial charge >= 0.3 is 5.97 Å². The van der Waals surface area contributed by atoms with Crippen LogP contribution in [0.3, 0.4) is 0 Å². The summed E-state index contributed by atoms with van der Waals surface area (Å²) in [6.45, 7) is 2.21. The third kappa shape index (κ3) is 5.44. The highest BCUT2D eigenvalue weighted by Crippen LogP contribution is 2.23. The Morgan fingerprint density at radius 3 is 2.48 bits per heavy atom. The number of benzene rings is 2. The van der Waals surface area contributed by atoms with Crippen molar-refractivity contribution in [1.82, 2.24) is 0 Å². The number of esters is 1. The van der Waals surface area contributed by atoms with E-state index in [2.05, 4.69) is 0 Å². The van der Waals surface area contributed by atoms with Crippen LogP contribution in [0.1, 0.15) is 12.5 Å². The normalized spacial score (nSPS) is 11.9. The Labute approximate surface area is 134 Å². The van der Waals surface area contributed by atoms with Crippen LogP contribution in [0.5, 0.6) is 0 Å². The Balaban J connectivity index is 1.76. The molecule has 0 radical (unpaired) electrons. The summed E-state index contributed by atoms with van der Waals surface area (Å²) in [6, 6.07) is 17.3. The van der Waals surface area contributed by atoms with Gasteiger partial charge in [0.05, 0.1) is 5.92 Å². The van der Waals surface area contributed by atoms with Crippen molar-refractivity contribution in [2.45, 2.75) is 18.4 Å². The molecule has 0 aliphatic carbocycles. The fraction of sp³-hybridized carbons (Fsp3) is 0.235. The molecule has 4 heteroatoms. The van der Waals surface area contributed by atoms with Crippen LogP contribution in [-0.2, 0) is 16.1 Å². The van der Waals surface area contributed by atoms with Gasteiger partial charge in [-0.25, -0.2) is 0 Å². The Bertz CT molecular complexity index is 569. The molecule has 0 amide bonds. The molecule has 110 valence electrons. The first-order chi connectivity index (χ1) is 10.1. The molecule has 0 aliphatic rings. The van der Waals surface area contributed by atoms with E-state index in [-0.39, 0.29) is 11.9 Å². The van der Waals surface area contributed by atoms with Gasteiger partial charge in [-0.15, -0.1) is 11.8 Å². The minimum Gasteiger partial charge on any atom is -0.461 e. The van der Waals surface area contributed by atoms with Crippen molar-refractivity contribution in [3.63, 3.8) is 0 Å². The first-order valence-electron chi connectivity index (χ1n) is 6.74. The fourth-order valence-electron chi connectivity index (χ4n) is 1.69. The summed E-state index contributed by atoms with van der Waals surface area (Å²) in [5.41, 5.74) is 1.00. The van der Waals surface area contributed by atoms with Crippen molar-refractivity contribution in [3.05, 3.63) is 65.2 Å². The third-order valence-electron chi connectivity index (χ3n) is 2.94. The topological polar surface area (TPSA) is 26.3 Å². The molecule has 2 aromatic rings. The summed E-state index contributed by atoms with van der Waals surface area (Å²) in [4.78, 5) is 13.0. The van der Waals surface area contributed by atoms with Gasteiger partial charge in [-0.3, -0.25) is 4.79 Å². The highest BCUT2D eigenvalue weighted by atomic mass is 35.5. The van der Waals surface area contributed by atoms with Crippen molar-refractivity contribution in [3.8, 4) is 0 Å². The number of carbonyl (C=O) groups excluding carboxylic acids is 1. The zero-order valence-electron chi connectivity index (χ0n) is 11.8. The van der Waals surface area contributed by atoms with E-state index in [9.17, 15) is 4.79 Å². The van der Waals surface area contributed by atoms with E-state index in [1.54, 1.807) is 11.8 Å². The van der Waals surface area contributed by atoms with Gasteiger partial charge in [-0.1, -0.05) is 48.9 Å². The van der Waals surface area contributed by atoms with Crippen LogP contribution in [0, 0.1) is 5.92 Å². The van der Waals surface area contributed by atoms with Crippen LogP contribution < -0.4 is 0 Å². The molecule has 0 heterocycles. The summed E-state index contributed by atoms with van der Waals surface area (Å²) >= 11 is 7.47. The molecule has 0 spiro atoms. The molecule has 0 saturated heterocycles. The Hall–Kier alpha value is -1.45. The van der Waals surface area contributed by atoms with Crippen LogP contribution in [0.15, 0.2) is 59.5 Å². The number of hydrogen-bond donors (Lipinski definition) is 0. The lowest BCUT2D eigenvalue weighted by molar-refractivity contribution is -0.148. The van der Waals surface area contributed by atoms with E-state index in [1.165, 1.54) is 0 Å². The van der Waals surface area contributed by atoms with E-state index in [1.807, 2.05) is 61.5 Å². The molecule has 1 unspecified atom stereocenters.